The Balaban J connectivity index is 2.18. The minimum Gasteiger partial charge on any atom is -0.274 e. The second kappa shape index (κ2) is 6.41. The van der Waals surface area contributed by atoms with E-state index in [-0.39, 0.29) is 0 Å². The van der Waals surface area contributed by atoms with E-state index < -0.39 is 17.1 Å². The smallest absolute Gasteiger partial charge is 0.274 e. The molecule has 2 rings (SSSR count). The molecular formula is C15H14N2O3S. The zero-order valence-electron chi connectivity index (χ0n) is 11.6. The molecule has 1 aromatic rings. The highest BCUT2D eigenvalue weighted by atomic mass is 32.2. The van der Waals surface area contributed by atoms with Gasteiger partial charge in [0.15, 0.2) is 0 Å². The number of nitrogens with zero attached hydrogens (tertiary/aromatic N) is 1. The van der Waals surface area contributed by atoms with E-state index in [2.05, 4.69) is 5.43 Å². The lowest BCUT2D eigenvalue weighted by Gasteiger charge is -2.11. The maximum Gasteiger partial charge on any atom is 0.312 e. The number of carbonyl (C=O) groups excluding carboxylic acids is 3. The van der Waals surface area contributed by atoms with Crippen LogP contribution in [0.1, 0.15) is 19.4 Å². The molecule has 1 aliphatic heterocycles. The summed E-state index contributed by atoms with van der Waals surface area (Å²) >= 11 is 0.806. The summed E-state index contributed by atoms with van der Waals surface area (Å²) in [5.74, 6) is -0.976. The van der Waals surface area contributed by atoms with Crippen molar-refractivity contribution in [1.29, 1.82) is 0 Å². The molecule has 3 amide bonds. The first-order valence-corrected chi connectivity index (χ1v) is 7.07. The summed E-state index contributed by atoms with van der Waals surface area (Å²) in [5, 5.41) is 0.225. The molecule has 0 aliphatic carbocycles. The number of hydrazine groups is 1. The Hall–Kier alpha value is -2.34. The Bertz CT molecular complexity index is 650. The first kappa shape index (κ1) is 15.1. The number of rotatable bonds is 3. The zero-order chi connectivity index (χ0) is 15.4. The molecule has 0 radical (unpaired) electrons. The second-order valence-corrected chi connectivity index (χ2v) is 5.48. The number of allylic oxidation sites excluding steroid dienone is 2. The molecule has 1 aromatic carbocycles. The summed E-state index contributed by atoms with van der Waals surface area (Å²) in [4.78, 5) is 34.9. The predicted octanol–water partition coefficient (Wildman–Crippen LogP) is 2.72. The molecule has 1 fully saturated rings. The van der Waals surface area contributed by atoms with Gasteiger partial charge in [-0.15, -0.1) is 0 Å². The van der Waals surface area contributed by atoms with Crippen LogP contribution in [-0.2, 0) is 9.59 Å². The van der Waals surface area contributed by atoms with E-state index in [1.165, 1.54) is 6.92 Å². The topological polar surface area (TPSA) is 66.5 Å². The SMILES string of the molecule is CC(=O)NN1C(=O)S/C(=C/C(C)=C/c2ccccc2)C1=O. The standard InChI is InChI=1S/C15H14N2O3S/c1-10(8-12-6-4-3-5-7-12)9-13-14(19)17(15(20)21-13)16-11(2)18/h3-9H,1-2H3,(H,16,18)/b10-8+,13-9+. The molecule has 0 saturated carbocycles. The predicted molar refractivity (Wildman–Crippen MR) is 81.8 cm³/mol. The van der Waals surface area contributed by atoms with Crippen LogP contribution in [0.5, 0.6) is 0 Å². The highest BCUT2D eigenvalue weighted by Gasteiger charge is 2.35. The lowest BCUT2D eigenvalue weighted by atomic mass is 10.1. The van der Waals surface area contributed by atoms with Crippen LogP contribution in [0.3, 0.4) is 0 Å². The number of thioether (sulfide) groups is 1. The van der Waals surface area contributed by atoms with Gasteiger partial charge in [0.2, 0.25) is 5.91 Å². The van der Waals surface area contributed by atoms with Crippen molar-refractivity contribution in [3.8, 4) is 0 Å². The van der Waals surface area contributed by atoms with Crippen LogP contribution in [0.25, 0.3) is 6.08 Å². The van der Waals surface area contributed by atoms with Gasteiger partial charge in [0.1, 0.15) is 0 Å². The molecule has 6 heteroatoms. The van der Waals surface area contributed by atoms with Crippen LogP contribution < -0.4 is 5.43 Å². The van der Waals surface area contributed by atoms with E-state index in [0.29, 0.717) is 4.91 Å². The van der Waals surface area contributed by atoms with Crippen molar-refractivity contribution < 1.29 is 14.4 Å². The van der Waals surface area contributed by atoms with Crippen LogP contribution in [0.4, 0.5) is 4.79 Å². The summed E-state index contributed by atoms with van der Waals surface area (Å²) < 4.78 is 0. The minimum absolute atomic E-state index is 0.290. The molecule has 1 saturated heterocycles. The first-order chi connectivity index (χ1) is 9.97. The number of imide groups is 1. The molecule has 5 nitrogen and oxygen atoms in total. The third-order valence-corrected chi connectivity index (χ3v) is 3.49. The van der Waals surface area contributed by atoms with E-state index in [1.807, 2.05) is 43.3 Å². The average Bonchev–Trinajstić information content (AvgIpc) is 2.67. The average molecular weight is 302 g/mol. The van der Waals surface area contributed by atoms with Crippen molar-refractivity contribution in [3.63, 3.8) is 0 Å². The largest absolute Gasteiger partial charge is 0.312 e. The second-order valence-electron chi connectivity index (χ2n) is 4.48. The molecule has 0 atom stereocenters. The van der Waals surface area contributed by atoms with Crippen molar-refractivity contribution in [2.75, 3.05) is 0 Å². The molecule has 0 unspecified atom stereocenters. The number of nitrogens with one attached hydrogen (secondary N) is 1. The maximum atomic E-state index is 12.0. The summed E-state index contributed by atoms with van der Waals surface area (Å²) in [6.45, 7) is 3.09. The first-order valence-electron chi connectivity index (χ1n) is 6.26. The number of benzene rings is 1. The number of hydrogen-bond donors (Lipinski definition) is 1. The van der Waals surface area contributed by atoms with Crippen LogP contribution in [0.2, 0.25) is 0 Å². The highest BCUT2D eigenvalue weighted by molar-refractivity contribution is 8.18. The molecule has 21 heavy (non-hydrogen) atoms. The van der Waals surface area contributed by atoms with Crippen molar-refractivity contribution in [2.24, 2.45) is 0 Å². The highest BCUT2D eigenvalue weighted by Crippen LogP contribution is 2.30. The zero-order valence-corrected chi connectivity index (χ0v) is 12.4. The number of carbonyl (C=O) groups is 3. The fourth-order valence-corrected chi connectivity index (χ4v) is 2.61. The Morgan fingerprint density at radius 1 is 1.19 bits per heavy atom. The fraction of sp³-hybridized carbons (Fsp3) is 0.133. The summed E-state index contributed by atoms with van der Waals surface area (Å²) in [5.41, 5.74) is 4.06. The van der Waals surface area contributed by atoms with Gasteiger partial charge < -0.3 is 0 Å². The molecule has 108 valence electrons. The van der Waals surface area contributed by atoms with Crippen molar-refractivity contribution in [3.05, 3.63) is 52.4 Å². The molecule has 0 bridgehead atoms. The third kappa shape index (κ3) is 3.82. The molecule has 1 heterocycles. The molecule has 1 N–H and O–H groups in total. The molecule has 0 aromatic heterocycles. The minimum atomic E-state index is -0.513. The van der Waals surface area contributed by atoms with Gasteiger partial charge in [-0.25, -0.2) is 0 Å². The quantitative estimate of drug-likeness (QED) is 0.872. The van der Waals surface area contributed by atoms with E-state index in [1.54, 1.807) is 6.08 Å². The van der Waals surface area contributed by atoms with Crippen LogP contribution in [0, 0.1) is 0 Å². The van der Waals surface area contributed by atoms with E-state index in [4.69, 9.17) is 0 Å². The summed E-state index contributed by atoms with van der Waals surface area (Å²) in [6.07, 6.45) is 3.55. The fourth-order valence-electron chi connectivity index (χ4n) is 1.78. The van der Waals surface area contributed by atoms with Gasteiger partial charge in [-0.3, -0.25) is 19.8 Å². The van der Waals surface area contributed by atoms with Crippen molar-refractivity contribution in [1.82, 2.24) is 10.4 Å². The number of hydrogen-bond acceptors (Lipinski definition) is 4. The van der Waals surface area contributed by atoms with Gasteiger partial charge >= 0.3 is 5.24 Å². The summed E-state index contributed by atoms with van der Waals surface area (Å²) in [6, 6.07) is 9.65. The van der Waals surface area contributed by atoms with Gasteiger partial charge in [0.25, 0.3) is 5.91 Å². The van der Waals surface area contributed by atoms with E-state index in [9.17, 15) is 14.4 Å². The lowest BCUT2D eigenvalue weighted by molar-refractivity contribution is -0.132. The van der Waals surface area contributed by atoms with Crippen molar-refractivity contribution >= 4 is 34.9 Å². The normalized spacial score (nSPS) is 17.5. The maximum absolute atomic E-state index is 12.0. The molecular weight excluding hydrogens is 288 g/mol. The Morgan fingerprint density at radius 3 is 2.48 bits per heavy atom. The van der Waals surface area contributed by atoms with E-state index >= 15 is 0 Å². The Kier molecular flexibility index (Phi) is 4.59. The molecule has 1 aliphatic rings. The van der Waals surface area contributed by atoms with E-state index in [0.717, 1.165) is 27.9 Å². The lowest BCUT2D eigenvalue weighted by Crippen LogP contribution is -2.43. The monoisotopic (exact) mass is 302 g/mol. The Labute approximate surface area is 126 Å². The number of amides is 3. The van der Waals surface area contributed by atoms with Crippen LogP contribution in [-0.4, -0.2) is 22.1 Å². The van der Waals surface area contributed by atoms with Crippen LogP contribution in [0.15, 0.2) is 46.9 Å². The van der Waals surface area contributed by atoms with Gasteiger partial charge in [0, 0.05) is 6.92 Å². The van der Waals surface area contributed by atoms with Gasteiger partial charge in [0.05, 0.1) is 4.91 Å². The van der Waals surface area contributed by atoms with Crippen LogP contribution >= 0.6 is 11.8 Å². The van der Waals surface area contributed by atoms with Gasteiger partial charge in [-0.2, -0.15) is 5.01 Å². The third-order valence-electron chi connectivity index (χ3n) is 2.62. The van der Waals surface area contributed by atoms with Gasteiger partial charge in [-0.05, 0) is 35.9 Å². The summed E-state index contributed by atoms with van der Waals surface area (Å²) in [7, 11) is 0. The Morgan fingerprint density at radius 2 is 1.86 bits per heavy atom. The molecule has 0 spiro atoms. The van der Waals surface area contributed by atoms with Crippen molar-refractivity contribution in [2.45, 2.75) is 13.8 Å². The van der Waals surface area contributed by atoms with Gasteiger partial charge in [-0.1, -0.05) is 36.4 Å².